The molecule has 130 valence electrons. The number of benzene rings is 2. The lowest BCUT2D eigenvalue weighted by molar-refractivity contribution is 0.0970. The molecule has 0 aliphatic carbocycles. The number of hydrogen-bond acceptors (Lipinski definition) is 5. The number of anilines is 1. The number of carbonyl (C=O) groups excluding carboxylic acids is 2. The predicted octanol–water partition coefficient (Wildman–Crippen LogP) is 3.03. The Balaban J connectivity index is 2.15. The van der Waals surface area contributed by atoms with Crippen molar-refractivity contribution in [3.05, 3.63) is 53.6 Å². The summed E-state index contributed by atoms with van der Waals surface area (Å²) in [6, 6.07) is 11.9. The Labute approximate surface area is 151 Å². The monoisotopic (exact) mass is 358 g/mol. The van der Waals surface area contributed by atoms with E-state index in [1.807, 2.05) is 0 Å². The Hall–Kier alpha value is -2.93. The maximum absolute atomic E-state index is 12.5. The van der Waals surface area contributed by atoms with Crippen LogP contribution in [0.1, 0.15) is 27.6 Å². The molecule has 0 aliphatic rings. The van der Waals surface area contributed by atoms with E-state index in [9.17, 15) is 9.59 Å². The van der Waals surface area contributed by atoms with Gasteiger partial charge >= 0.3 is 0 Å². The van der Waals surface area contributed by atoms with Crippen LogP contribution in [0.3, 0.4) is 0 Å². The van der Waals surface area contributed by atoms with Crippen molar-refractivity contribution >= 4 is 34.7 Å². The van der Waals surface area contributed by atoms with Gasteiger partial charge in [0.15, 0.2) is 10.9 Å². The van der Waals surface area contributed by atoms with Crippen LogP contribution in [-0.2, 0) is 0 Å². The van der Waals surface area contributed by atoms with Crippen LogP contribution in [-0.4, -0.2) is 31.0 Å². The second-order valence-corrected chi connectivity index (χ2v) is 5.49. The molecule has 2 rings (SSSR count). The molecule has 2 N–H and O–H groups in total. The summed E-state index contributed by atoms with van der Waals surface area (Å²) >= 11 is 5.17. The second kappa shape index (κ2) is 8.25. The first-order chi connectivity index (χ1) is 12.0. The van der Waals surface area contributed by atoms with Gasteiger partial charge in [-0.1, -0.05) is 18.2 Å². The minimum Gasteiger partial charge on any atom is -0.496 e. The SMILES string of the molecule is COc1cccc(OC)c1C(=O)NC(=S)Nc1cccc(C(C)=O)c1. The van der Waals surface area contributed by atoms with Crippen LogP contribution >= 0.6 is 12.2 Å². The van der Waals surface area contributed by atoms with E-state index in [-0.39, 0.29) is 16.5 Å². The molecule has 1 amide bonds. The number of ether oxygens (including phenoxy) is 2. The molecule has 2 aromatic rings. The largest absolute Gasteiger partial charge is 0.496 e. The number of carbonyl (C=O) groups is 2. The number of nitrogens with one attached hydrogen (secondary N) is 2. The fourth-order valence-corrected chi connectivity index (χ4v) is 2.43. The molecule has 0 aromatic heterocycles. The molecule has 0 saturated carbocycles. The van der Waals surface area contributed by atoms with Crippen LogP contribution < -0.4 is 20.1 Å². The highest BCUT2D eigenvalue weighted by atomic mass is 32.1. The summed E-state index contributed by atoms with van der Waals surface area (Å²) in [5.74, 6) is 0.225. The lowest BCUT2D eigenvalue weighted by atomic mass is 10.1. The molecule has 25 heavy (non-hydrogen) atoms. The topological polar surface area (TPSA) is 76.7 Å². The smallest absolute Gasteiger partial charge is 0.264 e. The van der Waals surface area contributed by atoms with E-state index in [4.69, 9.17) is 21.7 Å². The minimum absolute atomic E-state index is 0.0580. The van der Waals surface area contributed by atoms with Crippen molar-refractivity contribution in [1.29, 1.82) is 0 Å². The third-order valence-electron chi connectivity index (χ3n) is 3.41. The van der Waals surface area contributed by atoms with Gasteiger partial charge in [-0.05, 0) is 43.4 Å². The molecule has 0 heterocycles. The van der Waals surface area contributed by atoms with Crippen LogP contribution in [0, 0.1) is 0 Å². The zero-order chi connectivity index (χ0) is 18.4. The molecule has 2 aromatic carbocycles. The number of thiocarbonyl (C=S) groups is 1. The second-order valence-electron chi connectivity index (χ2n) is 5.08. The van der Waals surface area contributed by atoms with Crippen LogP contribution in [0.4, 0.5) is 5.69 Å². The number of Topliss-reactive ketones (excluding diaryl/α,β-unsaturated/α-hetero) is 1. The Morgan fingerprint density at radius 1 is 1.00 bits per heavy atom. The molecule has 0 radical (unpaired) electrons. The van der Waals surface area contributed by atoms with Gasteiger partial charge < -0.3 is 14.8 Å². The summed E-state index contributed by atoms with van der Waals surface area (Å²) in [7, 11) is 2.94. The van der Waals surface area contributed by atoms with Crippen molar-refractivity contribution in [3.63, 3.8) is 0 Å². The van der Waals surface area contributed by atoms with Crippen LogP contribution in [0.25, 0.3) is 0 Å². The Morgan fingerprint density at radius 3 is 2.16 bits per heavy atom. The van der Waals surface area contributed by atoms with E-state index in [1.54, 1.807) is 42.5 Å². The molecule has 7 heteroatoms. The molecular formula is C18H18N2O4S. The molecule has 0 atom stereocenters. The third-order valence-corrected chi connectivity index (χ3v) is 3.61. The van der Waals surface area contributed by atoms with Crippen molar-refractivity contribution in [2.75, 3.05) is 19.5 Å². The van der Waals surface area contributed by atoms with E-state index in [0.29, 0.717) is 22.7 Å². The average molecular weight is 358 g/mol. The summed E-state index contributed by atoms with van der Waals surface area (Å²) in [6.07, 6.45) is 0. The first-order valence-corrected chi connectivity index (χ1v) is 7.81. The lowest BCUT2D eigenvalue weighted by Crippen LogP contribution is -2.34. The van der Waals surface area contributed by atoms with Gasteiger partial charge in [-0.3, -0.25) is 14.9 Å². The summed E-state index contributed by atoms with van der Waals surface area (Å²) < 4.78 is 10.4. The number of ketones is 1. The van der Waals surface area contributed by atoms with Gasteiger partial charge in [-0.2, -0.15) is 0 Å². The van der Waals surface area contributed by atoms with Gasteiger partial charge in [0, 0.05) is 11.3 Å². The normalized spacial score (nSPS) is 9.88. The molecule has 0 unspecified atom stereocenters. The third kappa shape index (κ3) is 4.54. The number of rotatable bonds is 5. The highest BCUT2D eigenvalue weighted by molar-refractivity contribution is 7.80. The average Bonchev–Trinajstić information content (AvgIpc) is 2.60. The highest BCUT2D eigenvalue weighted by Crippen LogP contribution is 2.27. The first-order valence-electron chi connectivity index (χ1n) is 7.40. The quantitative estimate of drug-likeness (QED) is 0.632. The van der Waals surface area contributed by atoms with Crippen molar-refractivity contribution in [2.24, 2.45) is 0 Å². The molecule has 0 fully saturated rings. The van der Waals surface area contributed by atoms with E-state index in [1.165, 1.54) is 21.1 Å². The maximum Gasteiger partial charge on any atom is 0.264 e. The molecular weight excluding hydrogens is 340 g/mol. The van der Waals surface area contributed by atoms with Gasteiger partial charge in [0.1, 0.15) is 17.1 Å². The van der Waals surface area contributed by atoms with E-state index in [0.717, 1.165) is 0 Å². The molecule has 0 bridgehead atoms. The van der Waals surface area contributed by atoms with Crippen LogP contribution in [0.15, 0.2) is 42.5 Å². The predicted molar refractivity (Wildman–Crippen MR) is 99.7 cm³/mol. The van der Waals surface area contributed by atoms with Crippen molar-refractivity contribution in [3.8, 4) is 11.5 Å². The zero-order valence-electron chi connectivity index (χ0n) is 14.1. The molecule has 0 spiro atoms. The van der Waals surface area contributed by atoms with E-state index < -0.39 is 5.91 Å². The Kier molecular flexibility index (Phi) is 6.08. The summed E-state index contributed by atoms with van der Waals surface area (Å²) in [6.45, 7) is 1.48. The minimum atomic E-state index is -0.463. The van der Waals surface area contributed by atoms with Crippen molar-refractivity contribution in [1.82, 2.24) is 5.32 Å². The van der Waals surface area contributed by atoms with Crippen molar-refractivity contribution in [2.45, 2.75) is 6.92 Å². The highest BCUT2D eigenvalue weighted by Gasteiger charge is 2.19. The Bertz CT molecular complexity index is 798. The van der Waals surface area contributed by atoms with Crippen LogP contribution in [0.5, 0.6) is 11.5 Å². The van der Waals surface area contributed by atoms with Gasteiger partial charge in [-0.15, -0.1) is 0 Å². The first kappa shape index (κ1) is 18.4. The van der Waals surface area contributed by atoms with E-state index in [2.05, 4.69) is 10.6 Å². The fourth-order valence-electron chi connectivity index (χ4n) is 2.22. The Morgan fingerprint density at radius 2 is 1.60 bits per heavy atom. The lowest BCUT2D eigenvalue weighted by Gasteiger charge is -2.14. The molecule has 6 nitrogen and oxygen atoms in total. The van der Waals surface area contributed by atoms with Crippen molar-refractivity contribution < 1.29 is 19.1 Å². The maximum atomic E-state index is 12.5. The number of amides is 1. The van der Waals surface area contributed by atoms with Gasteiger partial charge in [0.2, 0.25) is 0 Å². The zero-order valence-corrected chi connectivity index (χ0v) is 14.9. The van der Waals surface area contributed by atoms with Gasteiger partial charge in [-0.25, -0.2) is 0 Å². The molecule has 0 aliphatic heterocycles. The summed E-state index contributed by atoms with van der Waals surface area (Å²) in [5.41, 5.74) is 1.39. The number of methoxy groups -OCH3 is 2. The summed E-state index contributed by atoms with van der Waals surface area (Å²) in [4.78, 5) is 24.0. The fraction of sp³-hybridized carbons (Fsp3) is 0.167. The number of hydrogen-bond donors (Lipinski definition) is 2. The molecule has 0 saturated heterocycles. The summed E-state index contributed by atoms with van der Waals surface area (Å²) in [5, 5.41) is 5.55. The van der Waals surface area contributed by atoms with Gasteiger partial charge in [0.05, 0.1) is 14.2 Å². The standard InChI is InChI=1S/C18H18N2O4S/c1-11(21)12-6-4-7-13(10-12)19-18(25)20-17(22)16-14(23-2)8-5-9-15(16)24-3/h4-10H,1-3H3,(H2,19,20,22,25). The van der Waals surface area contributed by atoms with Gasteiger partial charge in [0.25, 0.3) is 5.91 Å². The van der Waals surface area contributed by atoms with Crippen LogP contribution in [0.2, 0.25) is 0 Å². The van der Waals surface area contributed by atoms with E-state index >= 15 is 0 Å².